The van der Waals surface area contributed by atoms with Crippen LogP contribution in [0.15, 0.2) is 58.9 Å². The highest BCUT2D eigenvalue weighted by Gasteiger charge is 2.54. The molecule has 0 unspecified atom stereocenters. The quantitative estimate of drug-likeness (QED) is 0.777. The molecule has 132 valence electrons. The van der Waals surface area contributed by atoms with Crippen molar-refractivity contribution in [1.82, 2.24) is 5.01 Å². The molecular weight excluding hydrogens is 352 g/mol. The molecule has 7 heteroatoms. The molecule has 4 rings (SSSR count). The molecule has 2 aliphatic heterocycles. The number of nitrogens with zero attached hydrogens (tertiary/aromatic N) is 4. The number of carbonyl (C=O) groups is 2. The maximum Gasteiger partial charge on any atom is 0.263 e. The van der Waals surface area contributed by atoms with E-state index in [2.05, 4.69) is 17.3 Å². The van der Waals surface area contributed by atoms with Gasteiger partial charge in [0.1, 0.15) is 0 Å². The zero-order valence-electron chi connectivity index (χ0n) is 14.2. The summed E-state index contributed by atoms with van der Waals surface area (Å²) in [5, 5.41) is 10.2. The molecule has 2 atom stereocenters. The van der Waals surface area contributed by atoms with Gasteiger partial charge in [-0.2, -0.15) is 5.11 Å². The van der Waals surface area contributed by atoms with Gasteiger partial charge in [-0.05, 0) is 35.7 Å². The minimum Gasteiger partial charge on any atom is -0.271 e. The van der Waals surface area contributed by atoms with Gasteiger partial charge in [0.2, 0.25) is 0 Å². The Kier molecular flexibility index (Phi) is 4.20. The molecule has 26 heavy (non-hydrogen) atoms. The fourth-order valence-corrected chi connectivity index (χ4v) is 3.49. The second kappa shape index (κ2) is 6.53. The van der Waals surface area contributed by atoms with Crippen molar-refractivity contribution >= 4 is 29.1 Å². The van der Waals surface area contributed by atoms with Gasteiger partial charge in [-0.3, -0.25) is 14.6 Å². The zero-order chi connectivity index (χ0) is 18.3. The molecule has 2 aliphatic rings. The number of hydrogen-bond donors (Lipinski definition) is 0. The van der Waals surface area contributed by atoms with E-state index in [0.29, 0.717) is 17.3 Å². The molecule has 2 heterocycles. The lowest BCUT2D eigenvalue weighted by Gasteiger charge is -2.21. The minimum absolute atomic E-state index is 0.304. The Balaban J connectivity index is 1.60. The Morgan fingerprint density at radius 3 is 2.46 bits per heavy atom. The van der Waals surface area contributed by atoms with Gasteiger partial charge in [-0.15, -0.1) is 0 Å². The highest BCUT2D eigenvalue weighted by Crippen LogP contribution is 2.33. The fraction of sp³-hybridized carbons (Fsp3) is 0.263. The molecular formula is C19H17ClN4O2. The van der Waals surface area contributed by atoms with Crippen LogP contribution in [-0.2, 0) is 22.6 Å². The average Bonchev–Trinajstić information content (AvgIpc) is 3.17. The number of fused-ring (bicyclic) bond motifs is 1. The van der Waals surface area contributed by atoms with Crippen LogP contribution in [-0.4, -0.2) is 28.9 Å². The van der Waals surface area contributed by atoms with Crippen LogP contribution in [0, 0.1) is 0 Å². The molecule has 0 bridgehead atoms. The van der Waals surface area contributed by atoms with Crippen molar-refractivity contribution in [1.29, 1.82) is 0 Å². The Morgan fingerprint density at radius 2 is 1.77 bits per heavy atom. The van der Waals surface area contributed by atoms with E-state index in [4.69, 9.17) is 11.6 Å². The summed E-state index contributed by atoms with van der Waals surface area (Å²) in [5.41, 5.74) is 2.55. The predicted molar refractivity (Wildman–Crippen MR) is 97.7 cm³/mol. The van der Waals surface area contributed by atoms with E-state index in [0.717, 1.165) is 17.5 Å². The molecule has 1 fully saturated rings. The van der Waals surface area contributed by atoms with Crippen LogP contribution in [0.5, 0.6) is 0 Å². The summed E-state index contributed by atoms with van der Waals surface area (Å²) in [6.45, 7) is 2.38. The van der Waals surface area contributed by atoms with Crippen molar-refractivity contribution in [3.8, 4) is 0 Å². The summed E-state index contributed by atoms with van der Waals surface area (Å²) in [6.07, 6.45) is 0.896. The first kappa shape index (κ1) is 16.7. The van der Waals surface area contributed by atoms with Crippen LogP contribution in [0.4, 0.5) is 5.69 Å². The monoisotopic (exact) mass is 368 g/mol. The summed E-state index contributed by atoms with van der Waals surface area (Å²) in [5.74, 6) is -0.643. The normalized spacial score (nSPS) is 21.6. The van der Waals surface area contributed by atoms with Crippen LogP contribution in [0.25, 0.3) is 0 Å². The van der Waals surface area contributed by atoms with Gasteiger partial charge in [0.05, 0.1) is 12.2 Å². The minimum atomic E-state index is -0.796. The lowest BCUT2D eigenvalue weighted by molar-refractivity contribution is -0.123. The molecule has 6 nitrogen and oxygen atoms in total. The second-order valence-corrected chi connectivity index (χ2v) is 6.72. The molecule has 0 aliphatic carbocycles. The summed E-state index contributed by atoms with van der Waals surface area (Å²) in [6, 6.07) is 13.3. The smallest absolute Gasteiger partial charge is 0.263 e. The van der Waals surface area contributed by atoms with E-state index in [9.17, 15) is 9.59 Å². The Bertz CT molecular complexity index is 897. The Labute approximate surface area is 156 Å². The van der Waals surface area contributed by atoms with Crippen LogP contribution in [0.2, 0.25) is 5.02 Å². The topological polar surface area (TPSA) is 65.3 Å². The van der Waals surface area contributed by atoms with Crippen LogP contribution >= 0.6 is 11.6 Å². The predicted octanol–water partition coefficient (Wildman–Crippen LogP) is 3.40. The van der Waals surface area contributed by atoms with Crippen molar-refractivity contribution in [3.05, 3.63) is 64.7 Å². The third-order valence-electron chi connectivity index (χ3n) is 4.75. The number of carbonyl (C=O) groups excluding carboxylic acids is 2. The SMILES string of the molecule is CCc1ccc(N2C(=O)[C@H]3N=NN(Cc4ccccc4Cl)[C@H]3C2=O)cc1. The molecule has 2 aromatic rings. The van der Waals surface area contributed by atoms with Crippen molar-refractivity contribution in [2.24, 2.45) is 10.3 Å². The lowest BCUT2D eigenvalue weighted by atomic mass is 10.1. The summed E-state index contributed by atoms with van der Waals surface area (Å²) in [4.78, 5) is 26.9. The van der Waals surface area contributed by atoms with Gasteiger partial charge in [0.15, 0.2) is 12.1 Å². The largest absolute Gasteiger partial charge is 0.271 e. The average molecular weight is 369 g/mol. The molecule has 1 saturated heterocycles. The Morgan fingerprint density at radius 1 is 1.04 bits per heavy atom. The summed E-state index contributed by atoms with van der Waals surface area (Å²) in [7, 11) is 0. The number of benzene rings is 2. The third-order valence-corrected chi connectivity index (χ3v) is 5.12. The van der Waals surface area contributed by atoms with Gasteiger partial charge in [-0.1, -0.05) is 54.1 Å². The van der Waals surface area contributed by atoms with Crippen molar-refractivity contribution in [2.75, 3.05) is 4.90 Å². The molecule has 0 saturated carbocycles. The maximum absolute atomic E-state index is 12.9. The molecule has 0 radical (unpaired) electrons. The van der Waals surface area contributed by atoms with Crippen LogP contribution < -0.4 is 4.90 Å². The molecule has 0 spiro atoms. The molecule has 2 aromatic carbocycles. The summed E-state index contributed by atoms with van der Waals surface area (Å²) >= 11 is 6.20. The number of amides is 2. The standard InChI is InChI=1S/C19H17ClN4O2/c1-2-12-7-9-14(10-8-12)24-18(25)16-17(19(24)26)23(22-21-16)11-13-5-3-4-6-15(13)20/h3-10,16-17H,2,11H2,1H3/t16-,17+/m0/s1. The highest BCUT2D eigenvalue weighted by atomic mass is 35.5. The number of imide groups is 1. The second-order valence-electron chi connectivity index (χ2n) is 6.32. The lowest BCUT2D eigenvalue weighted by Crippen LogP contribution is -2.39. The van der Waals surface area contributed by atoms with Crippen molar-refractivity contribution in [3.63, 3.8) is 0 Å². The van der Waals surface area contributed by atoms with Crippen LogP contribution in [0.3, 0.4) is 0 Å². The summed E-state index contributed by atoms with van der Waals surface area (Å²) < 4.78 is 0. The third kappa shape index (κ3) is 2.66. The van der Waals surface area contributed by atoms with E-state index >= 15 is 0 Å². The number of hydrogen-bond acceptors (Lipinski definition) is 5. The van der Waals surface area contributed by atoms with E-state index in [1.807, 2.05) is 30.3 Å². The molecule has 2 amide bonds. The van der Waals surface area contributed by atoms with E-state index in [1.165, 1.54) is 4.90 Å². The van der Waals surface area contributed by atoms with E-state index < -0.39 is 12.1 Å². The van der Waals surface area contributed by atoms with E-state index in [1.54, 1.807) is 23.2 Å². The maximum atomic E-state index is 12.9. The van der Waals surface area contributed by atoms with Crippen molar-refractivity contribution < 1.29 is 9.59 Å². The first-order valence-corrected chi connectivity index (χ1v) is 8.85. The zero-order valence-corrected chi connectivity index (χ0v) is 14.9. The number of anilines is 1. The number of aryl methyl sites for hydroxylation is 1. The fourth-order valence-electron chi connectivity index (χ4n) is 3.29. The highest BCUT2D eigenvalue weighted by molar-refractivity contribution is 6.31. The molecule has 0 aromatic heterocycles. The van der Waals surface area contributed by atoms with Gasteiger partial charge in [-0.25, -0.2) is 4.90 Å². The van der Waals surface area contributed by atoms with Gasteiger partial charge >= 0.3 is 0 Å². The number of halogens is 1. The van der Waals surface area contributed by atoms with Gasteiger partial charge in [0.25, 0.3) is 11.8 Å². The van der Waals surface area contributed by atoms with E-state index in [-0.39, 0.29) is 11.8 Å². The van der Waals surface area contributed by atoms with Gasteiger partial charge in [0, 0.05) is 5.02 Å². The first-order chi connectivity index (χ1) is 12.6. The van der Waals surface area contributed by atoms with Gasteiger partial charge < -0.3 is 0 Å². The molecule has 0 N–H and O–H groups in total. The Hall–Kier alpha value is -2.73. The van der Waals surface area contributed by atoms with Crippen molar-refractivity contribution in [2.45, 2.75) is 32.0 Å². The van der Waals surface area contributed by atoms with Crippen LogP contribution in [0.1, 0.15) is 18.1 Å². The number of rotatable bonds is 4. The first-order valence-electron chi connectivity index (χ1n) is 8.47.